The van der Waals surface area contributed by atoms with Crippen LogP contribution in [0.15, 0.2) is 36.4 Å². The normalized spacial score (nSPS) is 24.1. The molecule has 2 aliphatic heterocycles. The monoisotopic (exact) mass is 404 g/mol. The predicted molar refractivity (Wildman–Crippen MR) is 103 cm³/mol. The molecular weight excluding hydrogens is 382 g/mol. The molecule has 1 fully saturated rings. The number of rotatable bonds is 4. The fraction of sp³-hybridized carbons (Fsp3) is 0.381. The van der Waals surface area contributed by atoms with Crippen LogP contribution in [0.1, 0.15) is 18.4 Å². The van der Waals surface area contributed by atoms with Gasteiger partial charge in [-0.1, -0.05) is 0 Å². The summed E-state index contributed by atoms with van der Waals surface area (Å²) in [6.45, 7) is 0.459. The van der Waals surface area contributed by atoms with Gasteiger partial charge in [0.15, 0.2) is 0 Å². The maximum atomic E-state index is 14.0. The van der Waals surface area contributed by atoms with E-state index in [9.17, 15) is 23.8 Å². The lowest BCUT2D eigenvalue weighted by Crippen LogP contribution is -2.58. The number of fused-ring (bicyclic) bond motifs is 1. The number of benzene rings is 2. The molecule has 0 bridgehead atoms. The summed E-state index contributed by atoms with van der Waals surface area (Å²) < 4.78 is 32.9. The standard InChI is InChI=1S/C21H22F2N2O4/c22-13-1-3-14(4-2-13)25-10-9-21(28,18(26)11-25)12-29-17-7-6-16(23)20-15(17)5-8-19(27)24-20/h1-4,6-7,18,26,28H,5,8-12H2,(H,24,27). The second-order valence-corrected chi connectivity index (χ2v) is 7.53. The third kappa shape index (κ3) is 3.90. The van der Waals surface area contributed by atoms with Gasteiger partial charge in [-0.25, -0.2) is 8.78 Å². The molecule has 0 saturated carbocycles. The molecule has 0 aliphatic carbocycles. The molecule has 3 N–H and O–H groups in total. The molecule has 8 heteroatoms. The first kappa shape index (κ1) is 19.6. The van der Waals surface area contributed by atoms with Gasteiger partial charge in [-0.3, -0.25) is 4.79 Å². The van der Waals surface area contributed by atoms with Crippen molar-refractivity contribution in [2.24, 2.45) is 0 Å². The average Bonchev–Trinajstić information content (AvgIpc) is 2.71. The summed E-state index contributed by atoms with van der Waals surface area (Å²) in [5.41, 5.74) is -0.0592. The molecule has 4 rings (SSSR count). The van der Waals surface area contributed by atoms with Gasteiger partial charge in [0.25, 0.3) is 0 Å². The highest BCUT2D eigenvalue weighted by atomic mass is 19.1. The van der Waals surface area contributed by atoms with Crippen LogP contribution in [-0.4, -0.2) is 47.5 Å². The molecule has 0 aromatic heterocycles. The molecule has 6 nitrogen and oxygen atoms in total. The quantitative estimate of drug-likeness (QED) is 0.728. The van der Waals surface area contributed by atoms with Gasteiger partial charge in [-0.2, -0.15) is 0 Å². The van der Waals surface area contributed by atoms with Gasteiger partial charge in [0.05, 0.1) is 5.69 Å². The largest absolute Gasteiger partial charge is 0.490 e. The van der Waals surface area contributed by atoms with E-state index >= 15 is 0 Å². The van der Waals surface area contributed by atoms with E-state index in [1.165, 1.54) is 24.3 Å². The number of ether oxygens (including phenoxy) is 1. The highest BCUT2D eigenvalue weighted by molar-refractivity contribution is 5.94. The van der Waals surface area contributed by atoms with Crippen molar-refractivity contribution in [3.8, 4) is 5.75 Å². The number of carbonyl (C=O) groups is 1. The van der Waals surface area contributed by atoms with Crippen LogP contribution in [0.5, 0.6) is 5.75 Å². The molecule has 2 heterocycles. The number of hydrogen-bond acceptors (Lipinski definition) is 5. The summed E-state index contributed by atoms with van der Waals surface area (Å²) in [5.74, 6) is -0.749. The van der Waals surface area contributed by atoms with Gasteiger partial charge >= 0.3 is 0 Å². The first-order valence-electron chi connectivity index (χ1n) is 9.51. The van der Waals surface area contributed by atoms with Crippen molar-refractivity contribution in [1.82, 2.24) is 0 Å². The number of β-amino-alcohol motifs (C(OH)–C–C–N with tert-alkyl or cyclic N) is 1. The van der Waals surface area contributed by atoms with Crippen LogP contribution in [0.3, 0.4) is 0 Å². The molecule has 0 spiro atoms. The Balaban J connectivity index is 1.45. The highest BCUT2D eigenvalue weighted by Crippen LogP contribution is 2.35. The third-order valence-electron chi connectivity index (χ3n) is 5.58. The minimum Gasteiger partial charge on any atom is -0.490 e. The van der Waals surface area contributed by atoms with E-state index in [0.717, 1.165) is 5.69 Å². The van der Waals surface area contributed by atoms with E-state index in [4.69, 9.17) is 4.74 Å². The number of piperidine rings is 1. The number of hydrogen-bond donors (Lipinski definition) is 3. The summed E-state index contributed by atoms with van der Waals surface area (Å²) >= 11 is 0. The van der Waals surface area contributed by atoms with E-state index in [2.05, 4.69) is 5.32 Å². The van der Waals surface area contributed by atoms with E-state index < -0.39 is 17.5 Å². The SMILES string of the molecule is O=C1CCc2c(OCC3(O)CCN(c4ccc(F)cc4)CC3O)ccc(F)c2N1. The van der Waals surface area contributed by atoms with Gasteiger partial charge in [-0.15, -0.1) is 0 Å². The zero-order valence-electron chi connectivity index (χ0n) is 15.7. The number of halogens is 2. The van der Waals surface area contributed by atoms with Crippen LogP contribution >= 0.6 is 0 Å². The number of anilines is 2. The van der Waals surface area contributed by atoms with E-state index in [0.29, 0.717) is 24.3 Å². The van der Waals surface area contributed by atoms with Crippen molar-refractivity contribution in [2.45, 2.75) is 31.0 Å². The van der Waals surface area contributed by atoms with Gasteiger partial charge in [0.2, 0.25) is 5.91 Å². The van der Waals surface area contributed by atoms with Crippen molar-refractivity contribution in [3.05, 3.63) is 53.6 Å². The molecule has 2 atom stereocenters. The lowest BCUT2D eigenvalue weighted by atomic mass is 9.89. The lowest BCUT2D eigenvalue weighted by Gasteiger charge is -2.42. The maximum absolute atomic E-state index is 14.0. The number of amides is 1. The number of aliphatic hydroxyl groups is 2. The second-order valence-electron chi connectivity index (χ2n) is 7.53. The number of carbonyl (C=O) groups excluding carboxylic acids is 1. The minimum absolute atomic E-state index is 0.109. The Morgan fingerprint density at radius 3 is 2.66 bits per heavy atom. The predicted octanol–water partition coefficient (Wildman–Crippen LogP) is 2.23. The Bertz CT molecular complexity index is 922. The summed E-state index contributed by atoms with van der Waals surface area (Å²) in [5, 5.41) is 24.0. The summed E-state index contributed by atoms with van der Waals surface area (Å²) in [7, 11) is 0. The zero-order valence-corrected chi connectivity index (χ0v) is 15.7. The number of aliphatic hydroxyl groups excluding tert-OH is 1. The smallest absolute Gasteiger partial charge is 0.224 e. The molecular formula is C21H22F2N2O4. The third-order valence-corrected chi connectivity index (χ3v) is 5.58. The van der Waals surface area contributed by atoms with Crippen LogP contribution in [0, 0.1) is 11.6 Å². The van der Waals surface area contributed by atoms with Gasteiger partial charge in [0, 0.05) is 30.8 Å². The zero-order chi connectivity index (χ0) is 20.6. The van der Waals surface area contributed by atoms with E-state index in [-0.39, 0.29) is 43.4 Å². The van der Waals surface area contributed by atoms with Crippen LogP contribution < -0.4 is 15.0 Å². The molecule has 2 unspecified atom stereocenters. The van der Waals surface area contributed by atoms with Gasteiger partial charge < -0.3 is 25.2 Å². The Hall–Kier alpha value is -2.71. The molecule has 2 aliphatic rings. The molecule has 0 radical (unpaired) electrons. The average molecular weight is 404 g/mol. The summed E-state index contributed by atoms with van der Waals surface area (Å²) in [4.78, 5) is 13.4. The minimum atomic E-state index is -1.48. The Morgan fingerprint density at radius 2 is 1.93 bits per heavy atom. The van der Waals surface area contributed by atoms with Crippen LogP contribution in [-0.2, 0) is 11.2 Å². The van der Waals surface area contributed by atoms with Gasteiger partial charge in [0.1, 0.15) is 35.7 Å². The number of nitrogens with zero attached hydrogens (tertiary/aromatic N) is 1. The summed E-state index contributed by atoms with van der Waals surface area (Å²) in [6, 6.07) is 8.63. The van der Waals surface area contributed by atoms with Crippen molar-refractivity contribution >= 4 is 17.3 Å². The Labute approximate surface area is 166 Å². The van der Waals surface area contributed by atoms with Gasteiger partial charge in [-0.05, 0) is 49.2 Å². The molecule has 154 valence electrons. The summed E-state index contributed by atoms with van der Waals surface area (Å²) in [6.07, 6.45) is -0.275. The van der Waals surface area contributed by atoms with E-state index in [1.807, 2.05) is 4.90 Å². The van der Waals surface area contributed by atoms with Crippen LogP contribution in [0.25, 0.3) is 0 Å². The number of nitrogens with one attached hydrogen (secondary N) is 1. The molecule has 1 saturated heterocycles. The molecule has 2 aromatic carbocycles. The fourth-order valence-corrected chi connectivity index (χ4v) is 3.78. The molecule has 29 heavy (non-hydrogen) atoms. The van der Waals surface area contributed by atoms with Crippen molar-refractivity contribution < 1.29 is 28.5 Å². The topological polar surface area (TPSA) is 82.0 Å². The second kappa shape index (κ2) is 7.61. The van der Waals surface area contributed by atoms with Crippen molar-refractivity contribution in [1.29, 1.82) is 0 Å². The van der Waals surface area contributed by atoms with Crippen LogP contribution in [0.2, 0.25) is 0 Å². The molecule has 1 amide bonds. The Kier molecular flexibility index (Phi) is 5.14. The molecule has 2 aromatic rings. The van der Waals surface area contributed by atoms with E-state index in [1.54, 1.807) is 12.1 Å². The van der Waals surface area contributed by atoms with Crippen molar-refractivity contribution in [2.75, 3.05) is 29.9 Å². The first-order chi connectivity index (χ1) is 13.9. The van der Waals surface area contributed by atoms with Crippen LogP contribution in [0.4, 0.5) is 20.2 Å². The maximum Gasteiger partial charge on any atom is 0.224 e. The van der Waals surface area contributed by atoms with Crippen molar-refractivity contribution in [3.63, 3.8) is 0 Å². The Morgan fingerprint density at radius 1 is 1.17 bits per heavy atom. The fourth-order valence-electron chi connectivity index (χ4n) is 3.78. The highest BCUT2D eigenvalue weighted by Gasteiger charge is 2.42. The first-order valence-corrected chi connectivity index (χ1v) is 9.51. The lowest BCUT2D eigenvalue weighted by molar-refractivity contribution is -0.116.